The molecule has 7 rings (SSSR count). The largest absolute Gasteiger partial charge is 0.294 e. The molecule has 0 fully saturated rings. The van der Waals surface area contributed by atoms with Crippen molar-refractivity contribution in [2.45, 2.75) is 32.1 Å². The predicted octanol–water partition coefficient (Wildman–Crippen LogP) is 7.76. The molecule has 0 atom stereocenters. The van der Waals surface area contributed by atoms with Gasteiger partial charge in [-0.2, -0.15) is 0 Å². The zero-order valence-electron chi connectivity index (χ0n) is 21.6. The highest BCUT2D eigenvalue weighted by Crippen LogP contribution is 2.56. The van der Waals surface area contributed by atoms with Crippen LogP contribution in [-0.2, 0) is 12.5 Å². The Balaban J connectivity index is 1.66. The van der Waals surface area contributed by atoms with E-state index in [2.05, 4.69) is 121 Å². The molecule has 1 aliphatic rings. The summed E-state index contributed by atoms with van der Waals surface area (Å²) in [6, 6.07) is 33.2. The number of hydrogen-bond acceptors (Lipinski definition) is 1. The van der Waals surface area contributed by atoms with Crippen LogP contribution < -0.4 is 4.57 Å². The van der Waals surface area contributed by atoms with Crippen molar-refractivity contribution < 1.29 is 4.57 Å². The molecule has 0 radical (unpaired) electrons. The van der Waals surface area contributed by atoms with Gasteiger partial charge in [-0.15, -0.1) is 0 Å². The van der Waals surface area contributed by atoms with Gasteiger partial charge in [0.1, 0.15) is 12.7 Å². The maximum absolute atomic E-state index is 4.88. The molecular formula is C34H30N3+. The molecule has 0 amide bonds. The molecule has 6 aromatic rings. The average molecular weight is 481 g/mol. The number of hydrogen-bond donors (Lipinski definition) is 0. The second-order valence-corrected chi connectivity index (χ2v) is 10.2. The van der Waals surface area contributed by atoms with Gasteiger partial charge in [0.05, 0.1) is 11.1 Å². The van der Waals surface area contributed by atoms with Crippen molar-refractivity contribution >= 4 is 21.9 Å². The zero-order chi connectivity index (χ0) is 25.1. The second kappa shape index (κ2) is 8.14. The van der Waals surface area contributed by atoms with E-state index >= 15 is 0 Å². The van der Waals surface area contributed by atoms with Gasteiger partial charge in [-0.1, -0.05) is 56.3 Å². The summed E-state index contributed by atoms with van der Waals surface area (Å²) in [4.78, 5) is 4.88. The van der Waals surface area contributed by atoms with Gasteiger partial charge in [-0.25, -0.2) is 9.55 Å². The summed E-state index contributed by atoms with van der Waals surface area (Å²) in [5.41, 5.74) is 11.4. The van der Waals surface area contributed by atoms with Gasteiger partial charge in [0.15, 0.2) is 6.20 Å². The number of nitrogens with zero attached hydrogens (tertiary/aromatic N) is 3. The van der Waals surface area contributed by atoms with E-state index in [-0.39, 0.29) is 5.41 Å². The number of aryl methyl sites for hydroxylation is 1. The zero-order valence-corrected chi connectivity index (χ0v) is 21.6. The smallest absolute Gasteiger partial charge is 0.212 e. The summed E-state index contributed by atoms with van der Waals surface area (Å²) in [5, 5.41) is 2.42. The number of rotatable bonds is 4. The minimum Gasteiger partial charge on any atom is -0.294 e. The molecule has 3 aromatic carbocycles. The minimum atomic E-state index is -0.0176. The van der Waals surface area contributed by atoms with E-state index in [1.807, 2.05) is 12.3 Å². The molecule has 1 aliphatic carbocycles. The first-order valence-electron chi connectivity index (χ1n) is 13.3. The van der Waals surface area contributed by atoms with Crippen LogP contribution in [-0.4, -0.2) is 9.55 Å². The standard InChI is InChI=1S/C34H30N3/c1-4-34(5-2)28-16-8-6-14-26(28)32-27(30-17-10-11-20-36(30)3)21-23(22-29(32)34)37-31-18-9-7-13-24(31)25-15-12-19-35-33(25)37/h6-22H,4-5H2,1-3H3/q+1. The van der Waals surface area contributed by atoms with Crippen molar-refractivity contribution in [1.82, 2.24) is 9.55 Å². The number of para-hydroxylation sites is 1. The monoisotopic (exact) mass is 480 g/mol. The molecule has 3 heterocycles. The number of benzene rings is 3. The molecule has 180 valence electrons. The van der Waals surface area contributed by atoms with Crippen molar-refractivity contribution in [3.63, 3.8) is 0 Å². The van der Waals surface area contributed by atoms with E-state index < -0.39 is 0 Å². The number of aromatic nitrogens is 3. The Bertz CT molecular complexity index is 1770. The van der Waals surface area contributed by atoms with E-state index in [4.69, 9.17) is 4.98 Å². The fraction of sp³-hybridized carbons (Fsp3) is 0.176. The predicted molar refractivity (Wildman–Crippen MR) is 152 cm³/mol. The Morgan fingerprint density at radius 2 is 1.51 bits per heavy atom. The van der Waals surface area contributed by atoms with E-state index in [9.17, 15) is 0 Å². The molecule has 0 saturated carbocycles. The Hall–Kier alpha value is -4.24. The van der Waals surface area contributed by atoms with Gasteiger partial charge in [0.2, 0.25) is 5.69 Å². The first kappa shape index (κ1) is 22.0. The van der Waals surface area contributed by atoms with Crippen LogP contribution >= 0.6 is 0 Å². The summed E-state index contributed by atoms with van der Waals surface area (Å²) in [7, 11) is 2.14. The van der Waals surface area contributed by atoms with E-state index in [1.165, 1.54) is 55.5 Å². The van der Waals surface area contributed by atoms with Gasteiger partial charge in [-0.05, 0) is 65.9 Å². The van der Waals surface area contributed by atoms with Gasteiger partial charge in [0.25, 0.3) is 0 Å². The summed E-state index contributed by atoms with van der Waals surface area (Å²) in [6.07, 6.45) is 6.16. The lowest BCUT2D eigenvalue weighted by molar-refractivity contribution is -0.660. The summed E-state index contributed by atoms with van der Waals surface area (Å²) in [5.74, 6) is 0. The van der Waals surface area contributed by atoms with Crippen LogP contribution in [0.2, 0.25) is 0 Å². The first-order valence-corrected chi connectivity index (χ1v) is 13.3. The molecule has 3 aromatic heterocycles. The molecule has 0 spiro atoms. The Morgan fingerprint density at radius 3 is 2.35 bits per heavy atom. The highest BCUT2D eigenvalue weighted by atomic mass is 15.0. The lowest BCUT2D eigenvalue weighted by atomic mass is 9.73. The van der Waals surface area contributed by atoms with Crippen molar-refractivity contribution in [3.8, 4) is 28.1 Å². The molecule has 3 heteroatoms. The Kier molecular flexibility index (Phi) is 4.84. The SMILES string of the molecule is CCC1(CC)c2ccccc2-c2c(-c3cccc[n+]3C)cc(-n3c4ccccc4c4cccnc43)cc21. The average Bonchev–Trinajstić information content (AvgIpc) is 3.43. The van der Waals surface area contributed by atoms with Crippen LogP contribution in [0.25, 0.3) is 50.0 Å². The normalized spacial score (nSPS) is 13.7. The highest BCUT2D eigenvalue weighted by Gasteiger charge is 2.42. The van der Waals surface area contributed by atoms with Crippen LogP contribution in [0.5, 0.6) is 0 Å². The van der Waals surface area contributed by atoms with Crippen molar-refractivity contribution in [3.05, 3.63) is 115 Å². The fourth-order valence-electron chi connectivity index (χ4n) is 6.76. The summed E-state index contributed by atoms with van der Waals surface area (Å²) in [6.45, 7) is 4.68. The van der Waals surface area contributed by atoms with Crippen molar-refractivity contribution in [2.75, 3.05) is 0 Å². The van der Waals surface area contributed by atoms with Crippen molar-refractivity contribution in [1.29, 1.82) is 0 Å². The summed E-state index contributed by atoms with van der Waals surface area (Å²) < 4.78 is 4.60. The third-order valence-corrected chi connectivity index (χ3v) is 8.58. The van der Waals surface area contributed by atoms with Gasteiger partial charge < -0.3 is 0 Å². The third-order valence-electron chi connectivity index (χ3n) is 8.58. The Morgan fingerprint density at radius 1 is 0.757 bits per heavy atom. The molecule has 3 nitrogen and oxygen atoms in total. The quantitative estimate of drug-likeness (QED) is 0.236. The van der Waals surface area contributed by atoms with E-state index in [0.717, 1.165) is 18.5 Å². The van der Waals surface area contributed by atoms with Gasteiger partial charge >= 0.3 is 0 Å². The van der Waals surface area contributed by atoms with Gasteiger partial charge in [-0.3, -0.25) is 4.57 Å². The Labute approximate surface area is 217 Å². The molecular weight excluding hydrogens is 450 g/mol. The van der Waals surface area contributed by atoms with Gasteiger partial charge in [0, 0.05) is 45.8 Å². The second-order valence-electron chi connectivity index (χ2n) is 10.2. The van der Waals surface area contributed by atoms with Crippen LogP contribution in [0.3, 0.4) is 0 Å². The summed E-state index contributed by atoms with van der Waals surface area (Å²) >= 11 is 0. The van der Waals surface area contributed by atoms with Crippen LogP contribution in [0.15, 0.2) is 103 Å². The minimum absolute atomic E-state index is 0.0176. The van der Waals surface area contributed by atoms with Crippen molar-refractivity contribution in [2.24, 2.45) is 7.05 Å². The third kappa shape index (κ3) is 2.94. The van der Waals surface area contributed by atoms with E-state index in [0.29, 0.717) is 0 Å². The van der Waals surface area contributed by atoms with Crippen LogP contribution in [0.1, 0.15) is 37.8 Å². The van der Waals surface area contributed by atoms with Crippen LogP contribution in [0.4, 0.5) is 0 Å². The molecule has 0 aliphatic heterocycles. The maximum Gasteiger partial charge on any atom is 0.212 e. The lowest BCUT2D eigenvalue weighted by Gasteiger charge is -2.30. The molecule has 37 heavy (non-hydrogen) atoms. The molecule has 0 unspecified atom stereocenters. The van der Waals surface area contributed by atoms with E-state index in [1.54, 1.807) is 0 Å². The topological polar surface area (TPSA) is 21.7 Å². The van der Waals surface area contributed by atoms with Crippen LogP contribution in [0, 0.1) is 0 Å². The molecule has 0 bridgehead atoms. The molecule has 0 N–H and O–H groups in total. The number of fused-ring (bicyclic) bond motifs is 6. The fourth-order valence-corrected chi connectivity index (χ4v) is 6.76. The maximum atomic E-state index is 4.88. The first-order chi connectivity index (χ1) is 18.2. The number of pyridine rings is 2. The lowest BCUT2D eigenvalue weighted by Crippen LogP contribution is -2.30. The molecule has 0 saturated heterocycles. The highest BCUT2D eigenvalue weighted by molar-refractivity contribution is 6.08.